The zero-order chi connectivity index (χ0) is 14.4. The molecular formula is C15H12BrFN2O. The lowest BCUT2D eigenvalue weighted by Crippen LogP contribution is -2.23. The first-order chi connectivity index (χ1) is 9.66. The number of halogens is 2. The van der Waals surface area contributed by atoms with Crippen LogP contribution in [0.4, 0.5) is 14.9 Å². The molecule has 0 unspecified atom stereocenters. The maximum absolute atomic E-state index is 13.3. The molecule has 0 aliphatic heterocycles. The minimum absolute atomic E-state index is 0.336. The first kappa shape index (κ1) is 14.3. The summed E-state index contributed by atoms with van der Waals surface area (Å²) < 4.78 is 14.1. The summed E-state index contributed by atoms with van der Waals surface area (Å²) in [6.07, 6.45) is 2.89. The van der Waals surface area contributed by atoms with E-state index < -0.39 is 6.03 Å². The summed E-state index contributed by atoms with van der Waals surface area (Å²) >= 11 is 3.33. The number of hydrogen-bond donors (Lipinski definition) is 2. The summed E-state index contributed by atoms with van der Waals surface area (Å²) in [7, 11) is 0. The summed E-state index contributed by atoms with van der Waals surface area (Å²) in [5.74, 6) is -0.336. The Kier molecular flexibility index (Phi) is 4.90. The van der Waals surface area contributed by atoms with Gasteiger partial charge in [-0.05, 0) is 40.2 Å². The second kappa shape index (κ2) is 6.86. The average Bonchev–Trinajstić information content (AvgIpc) is 2.43. The van der Waals surface area contributed by atoms with Crippen molar-refractivity contribution < 1.29 is 9.18 Å². The van der Waals surface area contributed by atoms with Crippen molar-refractivity contribution in [3.63, 3.8) is 0 Å². The lowest BCUT2D eigenvalue weighted by atomic mass is 10.2. The second-order valence-electron chi connectivity index (χ2n) is 3.93. The van der Waals surface area contributed by atoms with Crippen molar-refractivity contribution in [1.82, 2.24) is 5.32 Å². The van der Waals surface area contributed by atoms with Crippen LogP contribution in [-0.4, -0.2) is 6.03 Å². The number of para-hydroxylation sites is 1. The summed E-state index contributed by atoms with van der Waals surface area (Å²) in [5.41, 5.74) is 1.07. The van der Waals surface area contributed by atoms with Crippen LogP contribution in [0.25, 0.3) is 6.08 Å². The van der Waals surface area contributed by atoms with Crippen molar-refractivity contribution in [3.05, 3.63) is 70.6 Å². The van der Waals surface area contributed by atoms with E-state index in [2.05, 4.69) is 26.6 Å². The number of hydrogen-bond acceptors (Lipinski definition) is 1. The van der Waals surface area contributed by atoms with E-state index in [4.69, 9.17) is 0 Å². The number of carbonyl (C=O) groups excluding carboxylic acids is 1. The van der Waals surface area contributed by atoms with Crippen LogP contribution in [0.1, 0.15) is 5.56 Å². The summed E-state index contributed by atoms with van der Waals surface area (Å²) in [6, 6.07) is 13.2. The van der Waals surface area contributed by atoms with Crippen LogP contribution in [0.2, 0.25) is 0 Å². The van der Waals surface area contributed by atoms with Gasteiger partial charge in [0.1, 0.15) is 5.82 Å². The highest BCUT2D eigenvalue weighted by Crippen LogP contribution is 2.20. The van der Waals surface area contributed by atoms with Gasteiger partial charge in [0.25, 0.3) is 0 Å². The third-order valence-electron chi connectivity index (χ3n) is 2.50. The summed E-state index contributed by atoms with van der Waals surface area (Å²) in [4.78, 5) is 11.7. The van der Waals surface area contributed by atoms with Gasteiger partial charge in [-0.15, -0.1) is 0 Å². The van der Waals surface area contributed by atoms with Crippen LogP contribution in [0, 0.1) is 5.82 Å². The van der Waals surface area contributed by atoms with Crippen LogP contribution in [0.3, 0.4) is 0 Å². The molecule has 0 aliphatic rings. The summed E-state index contributed by atoms with van der Waals surface area (Å²) in [6.45, 7) is 0. The predicted octanol–water partition coefficient (Wildman–Crippen LogP) is 4.38. The van der Waals surface area contributed by atoms with E-state index in [1.165, 1.54) is 18.3 Å². The molecule has 0 bridgehead atoms. The van der Waals surface area contributed by atoms with Gasteiger partial charge < -0.3 is 10.6 Å². The molecule has 0 aliphatic carbocycles. The molecule has 0 saturated heterocycles. The molecule has 0 aromatic heterocycles. The van der Waals surface area contributed by atoms with Gasteiger partial charge >= 0.3 is 6.03 Å². The molecule has 20 heavy (non-hydrogen) atoms. The van der Waals surface area contributed by atoms with Crippen molar-refractivity contribution in [2.75, 3.05) is 5.32 Å². The molecule has 0 fully saturated rings. The van der Waals surface area contributed by atoms with E-state index in [1.807, 2.05) is 18.2 Å². The number of anilines is 1. The first-order valence-corrected chi connectivity index (χ1v) is 6.69. The standard InChI is InChI=1S/C15H12BrFN2O/c16-12-6-2-4-8-14(12)19-15(20)18-10-9-11-5-1-3-7-13(11)17/h1-10H,(H2,18,19,20)/b10-9+. The SMILES string of the molecule is O=C(N/C=C/c1ccccc1F)Nc1ccccc1Br. The zero-order valence-electron chi connectivity index (χ0n) is 10.4. The van der Waals surface area contributed by atoms with Crippen molar-refractivity contribution in [1.29, 1.82) is 0 Å². The number of nitrogens with one attached hydrogen (secondary N) is 2. The van der Waals surface area contributed by atoms with Crippen LogP contribution in [0.5, 0.6) is 0 Å². The lowest BCUT2D eigenvalue weighted by Gasteiger charge is -2.06. The molecule has 2 amide bonds. The highest BCUT2D eigenvalue weighted by Gasteiger charge is 2.02. The molecule has 3 nitrogen and oxygen atoms in total. The van der Waals surface area contributed by atoms with Crippen molar-refractivity contribution in [2.24, 2.45) is 0 Å². The number of benzene rings is 2. The van der Waals surface area contributed by atoms with Gasteiger partial charge in [-0.2, -0.15) is 0 Å². The molecule has 2 aromatic rings. The fraction of sp³-hybridized carbons (Fsp3) is 0. The Morgan fingerprint density at radius 3 is 2.55 bits per heavy atom. The Hall–Kier alpha value is -2.14. The topological polar surface area (TPSA) is 41.1 Å². The van der Waals surface area contributed by atoms with Gasteiger partial charge in [-0.25, -0.2) is 9.18 Å². The van der Waals surface area contributed by atoms with Gasteiger partial charge in [0.2, 0.25) is 0 Å². The Morgan fingerprint density at radius 2 is 1.80 bits per heavy atom. The summed E-state index contributed by atoms with van der Waals surface area (Å²) in [5, 5.41) is 5.19. The van der Waals surface area contributed by atoms with Crippen LogP contribution in [0.15, 0.2) is 59.2 Å². The van der Waals surface area contributed by atoms with E-state index in [-0.39, 0.29) is 5.82 Å². The predicted molar refractivity (Wildman–Crippen MR) is 81.7 cm³/mol. The second-order valence-corrected chi connectivity index (χ2v) is 4.79. The lowest BCUT2D eigenvalue weighted by molar-refractivity contribution is 0.255. The Balaban J connectivity index is 1.93. The van der Waals surface area contributed by atoms with Gasteiger partial charge in [0.15, 0.2) is 0 Å². The maximum atomic E-state index is 13.3. The fourth-order valence-corrected chi connectivity index (χ4v) is 1.92. The molecule has 2 rings (SSSR count). The highest BCUT2D eigenvalue weighted by atomic mass is 79.9. The third kappa shape index (κ3) is 3.93. The Bertz CT molecular complexity index is 643. The number of carbonyl (C=O) groups is 1. The van der Waals surface area contributed by atoms with Crippen molar-refractivity contribution in [3.8, 4) is 0 Å². The molecule has 2 aromatic carbocycles. The first-order valence-electron chi connectivity index (χ1n) is 5.90. The van der Waals surface area contributed by atoms with E-state index in [0.717, 1.165) is 4.47 Å². The van der Waals surface area contributed by atoms with Gasteiger partial charge in [0.05, 0.1) is 5.69 Å². The zero-order valence-corrected chi connectivity index (χ0v) is 12.0. The van der Waals surface area contributed by atoms with Gasteiger partial charge in [-0.3, -0.25) is 0 Å². The molecule has 2 N–H and O–H groups in total. The molecule has 0 spiro atoms. The number of urea groups is 1. The molecule has 0 radical (unpaired) electrons. The van der Waals surface area contributed by atoms with Crippen molar-refractivity contribution in [2.45, 2.75) is 0 Å². The van der Waals surface area contributed by atoms with E-state index in [9.17, 15) is 9.18 Å². The normalized spacial score (nSPS) is 10.5. The third-order valence-corrected chi connectivity index (χ3v) is 3.20. The molecular weight excluding hydrogens is 323 g/mol. The minimum atomic E-state index is -0.399. The van der Waals surface area contributed by atoms with E-state index in [1.54, 1.807) is 24.3 Å². The number of rotatable bonds is 3. The van der Waals surface area contributed by atoms with Crippen LogP contribution < -0.4 is 10.6 Å². The van der Waals surface area contributed by atoms with Crippen LogP contribution in [-0.2, 0) is 0 Å². The fourth-order valence-electron chi connectivity index (χ4n) is 1.54. The Labute approximate surface area is 124 Å². The minimum Gasteiger partial charge on any atom is -0.314 e. The maximum Gasteiger partial charge on any atom is 0.323 e. The quantitative estimate of drug-likeness (QED) is 0.859. The number of amides is 2. The van der Waals surface area contributed by atoms with Gasteiger partial charge in [-0.1, -0.05) is 30.3 Å². The molecule has 102 valence electrons. The van der Waals surface area contributed by atoms with E-state index >= 15 is 0 Å². The monoisotopic (exact) mass is 334 g/mol. The highest BCUT2D eigenvalue weighted by molar-refractivity contribution is 9.10. The van der Waals surface area contributed by atoms with Crippen molar-refractivity contribution >= 4 is 33.7 Å². The smallest absolute Gasteiger partial charge is 0.314 e. The molecule has 0 heterocycles. The van der Waals surface area contributed by atoms with E-state index in [0.29, 0.717) is 11.3 Å². The van der Waals surface area contributed by atoms with Crippen LogP contribution >= 0.6 is 15.9 Å². The largest absolute Gasteiger partial charge is 0.323 e. The molecule has 0 saturated carbocycles. The molecule has 5 heteroatoms. The average molecular weight is 335 g/mol. The molecule has 0 atom stereocenters. The van der Waals surface area contributed by atoms with Gasteiger partial charge in [0, 0.05) is 16.2 Å². The Morgan fingerprint density at radius 1 is 1.10 bits per heavy atom.